The van der Waals surface area contributed by atoms with Gasteiger partial charge in [-0.25, -0.2) is 0 Å². The van der Waals surface area contributed by atoms with Gasteiger partial charge in [-0.05, 0) is 61.9 Å². The molecule has 4 unspecified atom stereocenters. The van der Waals surface area contributed by atoms with Crippen molar-refractivity contribution in [2.24, 2.45) is 22.7 Å². The number of carbonyl (C=O) groups is 3. The lowest BCUT2D eigenvalue weighted by Gasteiger charge is -2.57. The molecule has 1 fully saturated rings. The maximum absolute atomic E-state index is 12.9. The second-order valence-electron chi connectivity index (χ2n) is 9.93. The Morgan fingerprint density at radius 2 is 1.79 bits per heavy atom. The van der Waals surface area contributed by atoms with Gasteiger partial charge in [-0.3, -0.25) is 14.4 Å². The fourth-order valence-corrected chi connectivity index (χ4v) is 5.63. The number of hydrogen-bond acceptors (Lipinski definition) is 5. The zero-order valence-electron chi connectivity index (χ0n) is 19.2. The molecule has 4 atom stereocenters. The normalized spacial score (nSPS) is 29.8. The second-order valence-corrected chi connectivity index (χ2v) is 9.93. The van der Waals surface area contributed by atoms with E-state index >= 15 is 0 Å². The fourth-order valence-electron chi connectivity index (χ4n) is 5.63. The van der Waals surface area contributed by atoms with Crippen molar-refractivity contribution in [1.82, 2.24) is 0 Å². The van der Waals surface area contributed by atoms with Gasteiger partial charge < -0.3 is 9.47 Å². The lowest BCUT2D eigenvalue weighted by Crippen LogP contribution is -2.54. The van der Waals surface area contributed by atoms with E-state index in [4.69, 9.17) is 9.47 Å². The van der Waals surface area contributed by atoms with E-state index in [1.807, 2.05) is 6.92 Å². The molecule has 0 aromatic carbocycles. The highest BCUT2D eigenvalue weighted by atomic mass is 16.5. The van der Waals surface area contributed by atoms with Crippen LogP contribution in [0.2, 0.25) is 0 Å². The molecule has 0 saturated heterocycles. The molecule has 0 radical (unpaired) electrons. The Bertz CT molecular complexity index is 689. The van der Waals surface area contributed by atoms with Crippen LogP contribution in [0.5, 0.6) is 0 Å². The molecule has 5 heteroatoms. The van der Waals surface area contributed by atoms with Crippen molar-refractivity contribution in [3.8, 4) is 0 Å². The monoisotopic (exact) mass is 406 g/mol. The molecule has 2 aliphatic rings. The highest BCUT2D eigenvalue weighted by molar-refractivity contribution is 5.97. The summed E-state index contributed by atoms with van der Waals surface area (Å²) in [6.45, 7) is 14.1. The summed E-state index contributed by atoms with van der Waals surface area (Å²) >= 11 is 0. The number of ketones is 1. The Balaban J connectivity index is 2.18. The summed E-state index contributed by atoms with van der Waals surface area (Å²) in [6, 6.07) is 0. The van der Waals surface area contributed by atoms with Crippen molar-refractivity contribution in [2.75, 3.05) is 6.61 Å². The van der Waals surface area contributed by atoms with Crippen LogP contribution in [0.15, 0.2) is 11.1 Å². The molecular formula is C24H38O5. The van der Waals surface area contributed by atoms with E-state index in [2.05, 4.69) is 27.7 Å². The van der Waals surface area contributed by atoms with Crippen LogP contribution in [0.3, 0.4) is 0 Å². The molecule has 1 saturated carbocycles. The quantitative estimate of drug-likeness (QED) is 0.555. The molecule has 0 heterocycles. The Hall–Kier alpha value is -1.65. The minimum atomic E-state index is -0.249. The Morgan fingerprint density at radius 1 is 1.14 bits per heavy atom. The molecule has 29 heavy (non-hydrogen) atoms. The van der Waals surface area contributed by atoms with Gasteiger partial charge in [0, 0.05) is 25.7 Å². The zero-order valence-corrected chi connectivity index (χ0v) is 19.2. The molecule has 0 N–H and O–H groups in total. The first-order valence-corrected chi connectivity index (χ1v) is 10.9. The van der Waals surface area contributed by atoms with Crippen LogP contribution in [0, 0.1) is 22.7 Å². The SMILES string of the molecule is CC(=O)OCCC(C)CCC1=C(C)C(=O)CC2C1(C)CCC(OC(C)=O)C2(C)C. The third-order valence-corrected chi connectivity index (χ3v) is 7.48. The van der Waals surface area contributed by atoms with Gasteiger partial charge in [-0.2, -0.15) is 0 Å². The van der Waals surface area contributed by atoms with Gasteiger partial charge in [0.1, 0.15) is 6.10 Å². The summed E-state index contributed by atoms with van der Waals surface area (Å²) in [6.07, 6.45) is 4.83. The van der Waals surface area contributed by atoms with Gasteiger partial charge in [-0.1, -0.05) is 33.3 Å². The van der Waals surface area contributed by atoms with Crippen molar-refractivity contribution in [1.29, 1.82) is 0 Å². The Labute approximate surface area is 175 Å². The summed E-state index contributed by atoms with van der Waals surface area (Å²) in [4.78, 5) is 35.4. The number of ether oxygens (including phenoxy) is 2. The first-order valence-electron chi connectivity index (χ1n) is 10.9. The van der Waals surface area contributed by atoms with Gasteiger partial charge in [0.05, 0.1) is 6.61 Å². The third kappa shape index (κ3) is 5.10. The van der Waals surface area contributed by atoms with Gasteiger partial charge in [0.25, 0.3) is 0 Å². The lowest BCUT2D eigenvalue weighted by atomic mass is 9.48. The molecule has 0 amide bonds. The van der Waals surface area contributed by atoms with Crippen molar-refractivity contribution in [2.45, 2.75) is 93.1 Å². The third-order valence-electron chi connectivity index (χ3n) is 7.48. The Kier molecular flexibility index (Phi) is 7.34. The predicted octanol–water partition coefficient (Wildman–Crippen LogP) is 5.02. The number of allylic oxidation sites excluding steroid dienone is 2. The van der Waals surface area contributed by atoms with E-state index in [0.29, 0.717) is 18.9 Å². The maximum atomic E-state index is 12.9. The van der Waals surface area contributed by atoms with E-state index in [-0.39, 0.29) is 40.6 Å². The van der Waals surface area contributed by atoms with Crippen LogP contribution in [-0.2, 0) is 23.9 Å². The summed E-state index contributed by atoms with van der Waals surface area (Å²) in [5.41, 5.74) is 1.92. The zero-order chi connectivity index (χ0) is 22.0. The fraction of sp³-hybridized carbons (Fsp3) is 0.792. The number of esters is 2. The highest BCUT2D eigenvalue weighted by Gasteiger charge is 2.56. The smallest absolute Gasteiger partial charge is 0.302 e. The molecule has 2 rings (SSSR count). The minimum Gasteiger partial charge on any atom is -0.466 e. The van der Waals surface area contributed by atoms with E-state index < -0.39 is 0 Å². The van der Waals surface area contributed by atoms with Crippen molar-refractivity contribution in [3.05, 3.63) is 11.1 Å². The second kappa shape index (κ2) is 9.01. The van der Waals surface area contributed by atoms with Crippen LogP contribution in [0.25, 0.3) is 0 Å². The number of hydrogen-bond donors (Lipinski definition) is 0. The number of fused-ring (bicyclic) bond motifs is 1. The maximum Gasteiger partial charge on any atom is 0.302 e. The first kappa shape index (κ1) is 23.6. The van der Waals surface area contributed by atoms with Crippen molar-refractivity contribution in [3.63, 3.8) is 0 Å². The summed E-state index contributed by atoms with van der Waals surface area (Å²) < 4.78 is 10.7. The first-order chi connectivity index (χ1) is 13.4. The average Bonchev–Trinajstić information content (AvgIpc) is 2.59. The average molecular weight is 407 g/mol. The number of rotatable bonds is 7. The van der Waals surface area contributed by atoms with Gasteiger partial charge >= 0.3 is 11.9 Å². The van der Waals surface area contributed by atoms with Crippen LogP contribution in [0.1, 0.15) is 87.0 Å². The van der Waals surface area contributed by atoms with E-state index in [1.54, 1.807) is 0 Å². The number of Topliss-reactive ketones (excluding diaryl/α,β-unsaturated/α-hetero) is 1. The summed E-state index contributed by atoms with van der Waals surface area (Å²) in [5, 5.41) is 0. The summed E-state index contributed by atoms with van der Waals surface area (Å²) in [7, 11) is 0. The van der Waals surface area contributed by atoms with Crippen molar-refractivity contribution < 1.29 is 23.9 Å². The van der Waals surface area contributed by atoms with Crippen LogP contribution in [0.4, 0.5) is 0 Å². The van der Waals surface area contributed by atoms with Gasteiger partial charge in [0.15, 0.2) is 5.78 Å². The molecule has 164 valence electrons. The largest absolute Gasteiger partial charge is 0.466 e. The Morgan fingerprint density at radius 3 is 2.38 bits per heavy atom. The molecule has 0 bridgehead atoms. The molecular weight excluding hydrogens is 368 g/mol. The minimum absolute atomic E-state index is 0.0479. The van der Waals surface area contributed by atoms with E-state index in [0.717, 1.165) is 37.7 Å². The highest BCUT2D eigenvalue weighted by Crippen LogP contribution is 2.60. The van der Waals surface area contributed by atoms with Gasteiger partial charge in [-0.15, -0.1) is 0 Å². The molecule has 2 aliphatic carbocycles. The van der Waals surface area contributed by atoms with E-state index in [9.17, 15) is 14.4 Å². The van der Waals surface area contributed by atoms with Crippen molar-refractivity contribution >= 4 is 17.7 Å². The molecule has 5 nitrogen and oxygen atoms in total. The molecule has 0 aliphatic heterocycles. The lowest BCUT2D eigenvalue weighted by molar-refractivity contribution is -0.167. The number of carbonyl (C=O) groups excluding carboxylic acids is 3. The van der Waals surface area contributed by atoms with E-state index in [1.165, 1.54) is 19.4 Å². The predicted molar refractivity (Wildman–Crippen MR) is 112 cm³/mol. The molecule has 0 aromatic heterocycles. The summed E-state index contributed by atoms with van der Waals surface area (Å²) in [5.74, 6) is 0.319. The van der Waals surface area contributed by atoms with Crippen LogP contribution < -0.4 is 0 Å². The van der Waals surface area contributed by atoms with Crippen LogP contribution in [-0.4, -0.2) is 30.4 Å². The van der Waals surface area contributed by atoms with Gasteiger partial charge in [0.2, 0.25) is 0 Å². The molecule has 0 aromatic rings. The van der Waals surface area contributed by atoms with Crippen LogP contribution >= 0.6 is 0 Å². The topological polar surface area (TPSA) is 69.7 Å². The standard InChI is InChI=1S/C24H38O5/c1-15(11-13-28-17(3)25)8-9-19-16(2)20(27)14-21-23(5,6)22(29-18(4)26)10-12-24(19,21)7/h15,21-22H,8-14H2,1-7H3. The molecule has 0 spiro atoms.